The quantitative estimate of drug-likeness (QED) is 0.843. The molecular formula is C11H15N5O. The molecule has 0 atom stereocenters. The molecule has 0 bridgehead atoms. The molecule has 0 aliphatic heterocycles. The Morgan fingerprint density at radius 2 is 2.29 bits per heavy atom. The van der Waals surface area contributed by atoms with Gasteiger partial charge in [0.1, 0.15) is 5.69 Å². The van der Waals surface area contributed by atoms with Gasteiger partial charge in [0, 0.05) is 18.8 Å². The summed E-state index contributed by atoms with van der Waals surface area (Å²) in [4.78, 5) is 15.7. The number of nitrogens with zero attached hydrogens (tertiary/aromatic N) is 3. The third kappa shape index (κ3) is 2.35. The van der Waals surface area contributed by atoms with Gasteiger partial charge in [-0.2, -0.15) is 5.10 Å². The molecule has 2 heterocycles. The summed E-state index contributed by atoms with van der Waals surface area (Å²) in [5, 5.41) is 9.63. The summed E-state index contributed by atoms with van der Waals surface area (Å²) in [6, 6.07) is 1.83. The maximum Gasteiger partial charge on any atom is 0.275 e. The lowest BCUT2D eigenvalue weighted by Gasteiger charge is -2.01. The summed E-state index contributed by atoms with van der Waals surface area (Å²) < 4.78 is 1.66. The number of carbonyl (C=O) groups excluding carboxylic acids is 1. The van der Waals surface area contributed by atoms with Crippen molar-refractivity contribution < 1.29 is 4.79 Å². The number of hydrogen-bond donors (Lipinski definition) is 2. The zero-order chi connectivity index (χ0) is 12.4. The molecule has 2 rings (SSSR count). The fourth-order valence-corrected chi connectivity index (χ4v) is 1.45. The van der Waals surface area contributed by atoms with Crippen molar-refractivity contribution >= 4 is 11.7 Å². The van der Waals surface area contributed by atoms with Crippen LogP contribution in [0.3, 0.4) is 0 Å². The van der Waals surface area contributed by atoms with Crippen molar-refractivity contribution in [2.75, 3.05) is 5.32 Å². The largest absolute Gasteiger partial charge is 0.330 e. The first kappa shape index (κ1) is 11.4. The Balaban J connectivity index is 2.11. The van der Waals surface area contributed by atoms with Crippen LogP contribution in [-0.2, 0) is 7.05 Å². The standard InChI is InChI=1S/C11H15N5O/c1-7(2)8-4-10(15-14-8)13-11(17)9-5-12-6-16(9)3/h4-7H,1-3H3,(H2,13,14,15,17). The maximum atomic E-state index is 11.8. The fourth-order valence-electron chi connectivity index (χ4n) is 1.45. The molecule has 6 nitrogen and oxygen atoms in total. The molecule has 0 saturated heterocycles. The molecule has 0 spiro atoms. The molecule has 0 radical (unpaired) electrons. The van der Waals surface area contributed by atoms with E-state index in [1.165, 1.54) is 6.20 Å². The molecule has 90 valence electrons. The second kappa shape index (κ2) is 4.40. The Morgan fingerprint density at radius 3 is 2.82 bits per heavy atom. The minimum atomic E-state index is -0.216. The second-order valence-corrected chi connectivity index (χ2v) is 4.21. The minimum absolute atomic E-state index is 0.216. The predicted molar refractivity (Wildman–Crippen MR) is 63.8 cm³/mol. The molecule has 2 aromatic rings. The molecule has 6 heteroatoms. The van der Waals surface area contributed by atoms with Crippen LogP contribution in [0.25, 0.3) is 0 Å². The van der Waals surface area contributed by atoms with E-state index in [2.05, 4.69) is 34.3 Å². The van der Waals surface area contributed by atoms with E-state index in [-0.39, 0.29) is 5.91 Å². The molecule has 1 amide bonds. The molecule has 0 aliphatic carbocycles. The van der Waals surface area contributed by atoms with E-state index in [9.17, 15) is 4.79 Å². The first-order valence-corrected chi connectivity index (χ1v) is 5.41. The number of hydrogen-bond acceptors (Lipinski definition) is 3. The molecule has 0 aromatic carbocycles. The van der Waals surface area contributed by atoms with E-state index in [1.807, 2.05) is 6.07 Å². The van der Waals surface area contributed by atoms with Crippen LogP contribution < -0.4 is 5.32 Å². The zero-order valence-electron chi connectivity index (χ0n) is 10.1. The molecule has 2 aromatic heterocycles. The molecule has 0 aliphatic rings. The number of H-pyrrole nitrogens is 1. The number of nitrogens with one attached hydrogen (secondary N) is 2. The van der Waals surface area contributed by atoms with Crippen LogP contribution in [0.2, 0.25) is 0 Å². The lowest BCUT2D eigenvalue weighted by molar-refractivity contribution is 0.101. The first-order valence-electron chi connectivity index (χ1n) is 5.41. The number of imidazole rings is 1. The van der Waals surface area contributed by atoms with E-state index in [0.29, 0.717) is 17.4 Å². The number of anilines is 1. The van der Waals surface area contributed by atoms with Crippen LogP contribution >= 0.6 is 0 Å². The summed E-state index contributed by atoms with van der Waals surface area (Å²) >= 11 is 0. The second-order valence-electron chi connectivity index (χ2n) is 4.21. The Hall–Kier alpha value is -2.11. The molecule has 0 saturated carbocycles. The highest BCUT2D eigenvalue weighted by Gasteiger charge is 2.12. The number of rotatable bonds is 3. The lowest BCUT2D eigenvalue weighted by atomic mass is 10.1. The summed E-state index contributed by atoms with van der Waals surface area (Å²) in [5.74, 6) is 0.663. The van der Waals surface area contributed by atoms with Gasteiger partial charge in [0.2, 0.25) is 0 Å². The normalized spacial score (nSPS) is 10.8. The molecule has 2 N–H and O–H groups in total. The Kier molecular flexibility index (Phi) is 2.95. The van der Waals surface area contributed by atoms with Gasteiger partial charge in [-0.25, -0.2) is 4.98 Å². The van der Waals surface area contributed by atoms with Crippen molar-refractivity contribution in [3.8, 4) is 0 Å². The number of aromatic nitrogens is 4. The van der Waals surface area contributed by atoms with Crippen molar-refractivity contribution in [1.29, 1.82) is 0 Å². The Labute approximate surface area is 99.1 Å². The topological polar surface area (TPSA) is 75.6 Å². The fraction of sp³-hybridized carbons (Fsp3) is 0.364. The first-order chi connectivity index (χ1) is 8.08. The van der Waals surface area contributed by atoms with Gasteiger partial charge in [0.15, 0.2) is 5.82 Å². The van der Waals surface area contributed by atoms with Gasteiger partial charge < -0.3 is 9.88 Å². The highest BCUT2D eigenvalue weighted by atomic mass is 16.2. The average Bonchev–Trinajstić information content (AvgIpc) is 2.86. The number of aryl methyl sites for hydroxylation is 1. The van der Waals surface area contributed by atoms with E-state index in [0.717, 1.165) is 5.69 Å². The van der Waals surface area contributed by atoms with Crippen molar-refractivity contribution in [2.24, 2.45) is 7.05 Å². The van der Waals surface area contributed by atoms with Crippen LogP contribution in [0.4, 0.5) is 5.82 Å². The summed E-state index contributed by atoms with van der Waals surface area (Å²) in [6.07, 6.45) is 3.10. The summed E-state index contributed by atoms with van der Waals surface area (Å²) in [7, 11) is 1.77. The smallest absolute Gasteiger partial charge is 0.275 e. The van der Waals surface area contributed by atoms with Crippen LogP contribution in [0.5, 0.6) is 0 Å². The molecule has 0 fully saturated rings. The van der Waals surface area contributed by atoms with Crippen LogP contribution in [0, 0.1) is 0 Å². The van der Waals surface area contributed by atoms with Gasteiger partial charge in [0.05, 0.1) is 12.5 Å². The van der Waals surface area contributed by atoms with Crippen LogP contribution in [0.15, 0.2) is 18.6 Å². The third-order valence-electron chi connectivity index (χ3n) is 2.51. The van der Waals surface area contributed by atoms with E-state index in [4.69, 9.17) is 0 Å². The highest BCUT2D eigenvalue weighted by Crippen LogP contribution is 2.15. The molecule has 0 unspecified atom stereocenters. The van der Waals surface area contributed by atoms with Crippen molar-refractivity contribution in [3.63, 3.8) is 0 Å². The van der Waals surface area contributed by atoms with E-state index < -0.39 is 0 Å². The van der Waals surface area contributed by atoms with Crippen LogP contribution in [0.1, 0.15) is 35.9 Å². The Morgan fingerprint density at radius 1 is 1.53 bits per heavy atom. The molecule has 17 heavy (non-hydrogen) atoms. The van der Waals surface area contributed by atoms with Gasteiger partial charge in [0.25, 0.3) is 5.91 Å². The van der Waals surface area contributed by atoms with Gasteiger partial charge in [-0.05, 0) is 5.92 Å². The monoisotopic (exact) mass is 233 g/mol. The SMILES string of the molecule is CC(C)c1cc(NC(=O)c2cncn2C)n[nH]1. The number of aromatic amines is 1. The van der Waals surface area contributed by atoms with Gasteiger partial charge in [-0.3, -0.25) is 9.89 Å². The van der Waals surface area contributed by atoms with E-state index >= 15 is 0 Å². The summed E-state index contributed by atoms with van der Waals surface area (Å²) in [5.41, 5.74) is 1.49. The zero-order valence-corrected chi connectivity index (χ0v) is 10.1. The van der Waals surface area contributed by atoms with Crippen molar-refractivity contribution in [3.05, 3.63) is 30.0 Å². The van der Waals surface area contributed by atoms with Crippen molar-refractivity contribution in [1.82, 2.24) is 19.7 Å². The average molecular weight is 233 g/mol. The maximum absolute atomic E-state index is 11.8. The highest BCUT2D eigenvalue weighted by molar-refractivity contribution is 6.02. The minimum Gasteiger partial charge on any atom is -0.330 e. The number of carbonyl (C=O) groups is 1. The van der Waals surface area contributed by atoms with Crippen molar-refractivity contribution in [2.45, 2.75) is 19.8 Å². The molecular weight excluding hydrogens is 218 g/mol. The van der Waals surface area contributed by atoms with Gasteiger partial charge in [-0.15, -0.1) is 0 Å². The lowest BCUT2D eigenvalue weighted by Crippen LogP contribution is -2.15. The third-order valence-corrected chi connectivity index (χ3v) is 2.51. The van der Waals surface area contributed by atoms with E-state index in [1.54, 1.807) is 17.9 Å². The van der Waals surface area contributed by atoms with Gasteiger partial charge in [-0.1, -0.05) is 13.8 Å². The van der Waals surface area contributed by atoms with Gasteiger partial charge >= 0.3 is 0 Å². The summed E-state index contributed by atoms with van der Waals surface area (Å²) in [6.45, 7) is 4.11. The Bertz CT molecular complexity index is 525. The predicted octanol–water partition coefficient (Wildman–Crippen LogP) is 1.52. The number of amides is 1. The van der Waals surface area contributed by atoms with Crippen LogP contribution in [-0.4, -0.2) is 25.7 Å².